The molecule has 0 aliphatic heterocycles. The molecule has 0 radical (unpaired) electrons. The summed E-state index contributed by atoms with van der Waals surface area (Å²) in [4.78, 5) is 0. The average Bonchev–Trinajstić information content (AvgIpc) is 1.54. The highest BCUT2D eigenvalue weighted by molar-refractivity contribution is 5.23. The lowest BCUT2D eigenvalue weighted by atomic mass is 9.64. The number of benzene rings is 7. The van der Waals surface area contributed by atoms with Crippen molar-refractivity contribution in [2.45, 2.75) is 305 Å². The van der Waals surface area contributed by atoms with Crippen LogP contribution in [0.5, 0.6) is 40.2 Å². The fraction of sp³-hybridized carbons (Fsp3) is 0.607. The molecule has 10 saturated carbocycles. The molecule has 7 N–H and O–H groups in total. The van der Waals surface area contributed by atoms with Gasteiger partial charge in [-0.15, -0.1) is 0 Å². The van der Waals surface area contributed by atoms with Crippen molar-refractivity contribution in [1.29, 1.82) is 0 Å². The van der Waals surface area contributed by atoms with Crippen LogP contribution in [0.4, 0.5) is 0 Å². The fourth-order valence-electron chi connectivity index (χ4n) is 17.6. The fourth-order valence-corrected chi connectivity index (χ4v) is 17.6. The number of hydrogen-bond donors (Lipinski definition) is 7. The van der Waals surface area contributed by atoms with Gasteiger partial charge in [0.15, 0.2) is 0 Å². The molecule has 0 heterocycles. The summed E-state index contributed by atoms with van der Waals surface area (Å²) in [5, 5.41) is 60.4. The summed E-state index contributed by atoms with van der Waals surface area (Å²) in [6, 6.07) is 61.0. The Labute approximate surface area is 705 Å². The third kappa shape index (κ3) is 49.9. The van der Waals surface area contributed by atoms with Crippen molar-refractivity contribution in [3.63, 3.8) is 0 Å². The molecule has 114 heavy (non-hydrogen) atoms. The van der Waals surface area contributed by atoms with Crippen molar-refractivity contribution >= 4 is 0 Å². The van der Waals surface area contributed by atoms with Gasteiger partial charge in [0.05, 0.1) is 0 Å². The third-order valence-corrected chi connectivity index (χ3v) is 19.9. The Hall–Kier alpha value is -6.86. The van der Waals surface area contributed by atoms with Crippen molar-refractivity contribution in [2.75, 3.05) is 0 Å². The number of fused-ring (bicyclic) bond motifs is 24. The Morgan fingerprint density at radius 3 is 0.395 bits per heavy atom. The second kappa shape index (κ2) is 64.2. The van der Waals surface area contributed by atoms with Gasteiger partial charge >= 0.3 is 0 Å². The zero-order valence-electron chi connectivity index (χ0n) is 78.0. The van der Waals surface area contributed by atoms with Gasteiger partial charge in [0.1, 0.15) is 40.2 Å². The molecule has 650 valence electrons. The van der Waals surface area contributed by atoms with Gasteiger partial charge in [-0.25, -0.2) is 0 Å². The molecule has 17 rings (SSSR count). The van der Waals surface area contributed by atoms with Gasteiger partial charge < -0.3 is 35.7 Å². The van der Waals surface area contributed by atoms with Crippen molar-refractivity contribution in [3.8, 4) is 40.2 Å². The quantitative estimate of drug-likeness (QED) is 0.0750. The molecule has 0 saturated heterocycles. The molecule has 0 spiro atoms. The average molecular weight is 1580 g/mol. The summed E-state index contributed by atoms with van der Waals surface area (Å²) in [7, 11) is 0. The number of aromatic hydroxyl groups is 7. The van der Waals surface area contributed by atoms with Gasteiger partial charge in [0.2, 0.25) is 0 Å². The summed E-state index contributed by atoms with van der Waals surface area (Å²) in [6.07, 6.45) is 22.8. The molecule has 10 aliphatic carbocycles. The summed E-state index contributed by atoms with van der Waals surface area (Å²) in [5.41, 5.74) is 2.00. The van der Waals surface area contributed by atoms with Crippen LogP contribution in [0.15, 0.2) is 212 Å². The van der Waals surface area contributed by atoms with Crippen molar-refractivity contribution in [1.82, 2.24) is 0 Å². The predicted octanol–water partition coefficient (Wildman–Crippen LogP) is 33.2. The van der Waals surface area contributed by atoms with Gasteiger partial charge in [-0.05, 0) is 278 Å². The zero-order chi connectivity index (χ0) is 86.9. The molecule has 7 heteroatoms. The molecule has 10 aliphatic rings. The maximum absolute atomic E-state index is 8.63. The molecule has 0 aromatic heterocycles. The minimum atomic E-state index is 0. The monoisotopic (exact) mass is 1580 g/mol. The lowest BCUT2D eigenvalue weighted by Gasteiger charge is -2.40. The highest BCUT2D eigenvalue weighted by Crippen LogP contribution is 2.74. The van der Waals surface area contributed by atoms with E-state index in [4.69, 9.17) is 35.7 Å². The van der Waals surface area contributed by atoms with E-state index in [1.807, 2.05) is 139 Å². The molecule has 10 fully saturated rings. The van der Waals surface area contributed by atoms with E-state index < -0.39 is 0 Å². The van der Waals surface area contributed by atoms with Crippen LogP contribution in [-0.4, -0.2) is 35.7 Å². The number of phenols is 7. The maximum Gasteiger partial charge on any atom is 0.115 e. The second-order valence-electron chi connectivity index (χ2n) is 36.0. The van der Waals surface area contributed by atoms with E-state index in [9.17, 15) is 0 Å². The van der Waals surface area contributed by atoms with Gasteiger partial charge in [-0.2, -0.15) is 0 Å². The Bertz CT molecular complexity index is 2610. The van der Waals surface area contributed by atoms with E-state index in [-0.39, 0.29) is 7.43 Å². The Kier molecular flexibility index (Phi) is 63.9. The van der Waals surface area contributed by atoms with Gasteiger partial charge in [-0.3, -0.25) is 0 Å². The highest BCUT2D eigenvalue weighted by Gasteiger charge is 2.67. The predicted molar refractivity (Wildman–Crippen MR) is 504 cm³/mol. The van der Waals surface area contributed by atoms with E-state index in [2.05, 4.69) is 111 Å². The highest BCUT2D eigenvalue weighted by atomic mass is 16.3. The first-order valence-electron chi connectivity index (χ1n) is 44.8. The minimum Gasteiger partial charge on any atom is -0.508 e. The van der Waals surface area contributed by atoms with Crippen LogP contribution in [0.25, 0.3) is 0 Å². The van der Waals surface area contributed by atoms with E-state index in [1.54, 1.807) is 260 Å². The minimum absolute atomic E-state index is 0. The van der Waals surface area contributed by atoms with E-state index in [1.165, 1.54) is 94.7 Å². The van der Waals surface area contributed by atoms with Gasteiger partial charge in [-0.1, -0.05) is 355 Å². The maximum atomic E-state index is 8.63. The standard InChI is InChI=1S/2C15H22.7C6H6O.4C5H12.7C2H6.CH4/c2*1-2-10-11(3-1)13-7-12(10)14-8-4-5-9(6-8)15(13)14;7*7-6-4-2-1-3-5-6;4*1-5(2,3)4;7*1-2;/h2*8-15H,1-7H2;7*1-5,7H;4*1-4H3;7*1-2H3;1H4. The molecule has 16 unspecified atom stereocenters. The van der Waals surface area contributed by atoms with E-state index >= 15 is 0 Å². The first-order valence-corrected chi connectivity index (χ1v) is 44.8. The first kappa shape index (κ1) is 113. The van der Waals surface area contributed by atoms with E-state index in [0.717, 1.165) is 0 Å². The number of hydrogen-bond acceptors (Lipinski definition) is 7. The van der Waals surface area contributed by atoms with E-state index in [0.29, 0.717) is 61.9 Å². The topological polar surface area (TPSA) is 142 Å². The largest absolute Gasteiger partial charge is 0.508 e. The zero-order valence-corrected chi connectivity index (χ0v) is 78.0. The van der Waals surface area contributed by atoms with Crippen LogP contribution < -0.4 is 0 Å². The summed E-state index contributed by atoms with van der Waals surface area (Å²) < 4.78 is 0. The van der Waals surface area contributed by atoms with Crippen LogP contribution in [0.1, 0.15) is 305 Å². The molecule has 0 amide bonds. The normalized spacial score (nSPS) is 24.3. The molecular formula is C107H180O7. The summed E-state index contributed by atoms with van der Waals surface area (Å²) in [6.45, 7) is 63.0. The molecule has 7 nitrogen and oxygen atoms in total. The van der Waals surface area contributed by atoms with Crippen molar-refractivity contribution in [3.05, 3.63) is 212 Å². The van der Waals surface area contributed by atoms with Crippen LogP contribution in [-0.2, 0) is 0 Å². The van der Waals surface area contributed by atoms with Crippen LogP contribution in [0.2, 0.25) is 0 Å². The Morgan fingerprint density at radius 2 is 0.298 bits per heavy atom. The number of rotatable bonds is 0. The summed E-state index contributed by atoms with van der Waals surface area (Å²) in [5.74, 6) is 21.8. The second-order valence-corrected chi connectivity index (χ2v) is 36.0. The van der Waals surface area contributed by atoms with Crippen molar-refractivity contribution in [2.24, 2.45) is 116 Å². The molecule has 8 bridgehead atoms. The Balaban J connectivity index is -0.000000578. The number of para-hydroxylation sites is 7. The first-order chi connectivity index (χ1) is 53.6. The molecule has 7 aromatic carbocycles. The molecular weight excluding hydrogens is 1400 g/mol. The summed E-state index contributed by atoms with van der Waals surface area (Å²) >= 11 is 0. The lowest BCUT2D eigenvalue weighted by Crippen LogP contribution is -2.35. The van der Waals surface area contributed by atoms with Crippen LogP contribution in [0, 0.1) is 116 Å². The smallest absolute Gasteiger partial charge is 0.115 e. The van der Waals surface area contributed by atoms with Crippen LogP contribution in [0.3, 0.4) is 0 Å². The number of phenolic OH excluding ortho intramolecular Hbond substituents is 7. The SMILES string of the molecule is C.C1CC2C(C1)C1CC2C2C3CCC(C3)C12.C1CC2C(C1)C1CC2C2C3CCC(C3)C12.CC.CC.CC.CC.CC.CC.CC.CC(C)(C)C.CC(C)(C)C.CC(C)(C)C.CC(C)(C)C.Oc1ccccc1.Oc1ccccc1.Oc1ccccc1.Oc1ccccc1.Oc1ccccc1.Oc1ccccc1.Oc1ccccc1. The molecule has 16 atom stereocenters. The molecule has 7 aromatic rings. The Morgan fingerprint density at radius 1 is 0.184 bits per heavy atom. The lowest BCUT2D eigenvalue weighted by molar-refractivity contribution is 0.0716. The van der Waals surface area contributed by atoms with Crippen molar-refractivity contribution < 1.29 is 35.7 Å². The van der Waals surface area contributed by atoms with Gasteiger partial charge in [0.25, 0.3) is 0 Å². The van der Waals surface area contributed by atoms with Gasteiger partial charge in [0, 0.05) is 0 Å². The third-order valence-electron chi connectivity index (χ3n) is 19.9. The van der Waals surface area contributed by atoms with Crippen LogP contribution >= 0.6 is 0 Å².